The largest absolute Gasteiger partial charge is 0.455 e. The summed E-state index contributed by atoms with van der Waals surface area (Å²) in [5.74, 6) is 2.35. The number of hydrogen-bond donors (Lipinski definition) is 0. The molecule has 0 saturated carbocycles. The van der Waals surface area contributed by atoms with Crippen LogP contribution in [0.1, 0.15) is 194 Å². The van der Waals surface area contributed by atoms with Crippen molar-refractivity contribution in [3.63, 3.8) is 0 Å². The van der Waals surface area contributed by atoms with Crippen LogP contribution in [-0.2, 0) is 37.4 Å². The molecule has 6 nitrogen and oxygen atoms in total. The average Bonchev–Trinajstić information content (AvgIpc) is 1.55. The van der Waals surface area contributed by atoms with Crippen molar-refractivity contribution in [3.05, 3.63) is 267 Å². The maximum absolute atomic E-state index is 6.84. The van der Waals surface area contributed by atoms with E-state index in [9.17, 15) is 0 Å². The highest BCUT2D eigenvalue weighted by atomic mass is 16.3. The molecule has 0 radical (unpaired) electrons. The number of fused-ring (bicyclic) bond motifs is 18. The van der Waals surface area contributed by atoms with Crippen LogP contribution in [0.3, 0.4) is 0 Å². The fraction of sp³-hybridized carbons (Fsp3) is 0.303. The Bertz CT molecular complexity index is 6040. The van der Waals surface area contributed by atoms with Crippen LogP contribution in [0.25, 0.3) is 133 Å². The highest BCUT2D eigenvalue weighted by Crippen LogP contribution is 2.59. The summed E-state index contributed by atoms with van der Waals surface area (Å²) in [5.41, 5.74) is 37.5. The van der Waals surface area contributed by atoms with Gasteiger partial charge in [0.2, 0.25) is 17.1 Å². The Morgan fingerprint density at radius 3 is 1.03 bits per heavy atom. The Labute approximate surface area is 621 Å². The third-order valence-electron chi connectivity index (χ3n) is 25.2. The van der Waals surface area contributed by atoms with Gasteiger partial charge in [-0.05, 0) is 200 Å². The highest BCUT2D eigenvalue weighted by molar-refractivity contribution is 6.14. The van der Waals surface area contributed by atoms with E-state index in [1.807, 2.05) is 0 Å². The van der Waals surface area contributed by atoms with Gasteiger partial charge in [-0.3, -0.25) is 0 Å². The molecule has 0 N–H and O–H groups in total. The molecule has 15 aromatic rings. The van der Waals surface area contributed by atoms with Crippen LogP contribution in [0.15, 0.2) is 214 Å². The van der Waals surface area contributed by atoms with E-state index >= 15 is 0 Å². The summed E-state index contributed by atoms with van der Waals surface area (Å²) < 4.78 is 26.9. The van der Waals surface area contributed by atoms with Crippen LogP contribution in [0, 0.1) is 32.6 Å². The summed E-state index contributed by atoms with van der Waals surface area (Å²) in [6, 6.07) is 68.1. The molecule has 18 rings (SSSR count). The minimum absolute atomic E-state index is 0.0319. The van der Waals surface area contributed by atoms with Gasteiger partial charge in [0, 0.05) is 85.0 Å². The summed E-state index contributed by atoms with van der Waals surface area (Å²) in [4.78, 5) is 0. The highest BCUT2D eigenvalue weighted by Gasteiger charge is 2.49. The lowest BCUT2D eigenvalue weighted by Gasteiger charge is -2.40. The molecular weight excluding hydrogens is 1280 g/mol. The van der Waals surface area contributed by atoms with E-state index in [1.165, 1.54) is 166 Å². The van der Waals surface area contributed by atoms with Crippen molar-refractivity contribution in [2.24, 2.45) is 33.0 Å². The molecule has 0 spiro atoms. The van der Waals surface area contributed by atoms with Gasteiger partial charge >= 0.3 is 0 Å². The van der Waals surface area contributed by atoms with Crippen molar-refractivity contribution < 1.29 is 27.0 Å². The third-order valence-corrected chi connectivity index (χ3v) is 25.2. The molecule has 0 aliphatic heterocycles. The van der Waals surface area contributed by atoms with Gasteiger partial charge in [0.05, 0.1) is 16.7 Å². The molecule has 6 heterocycles. The Hall–Kier alpha value is -10.2. The minimum atomic E-state index is -0.0319. The third kappa shape index (κ3) is 10.5. The number of hydrogen-bond acceptors (Lipinski definition) is 3. The monoisotopic (exact) mass is 1380 g/mol. The first-order valence-corrected chi connectivity index (χ1v) is 38.6. The summed E-state index contributed by atoms with van der Waals surface area (Å²) in [6.45, 7) is 38.8. The first kappa shape index (κ1) is 69.2. The van der Waals surface area contributed by atoms with Gasteiger partial charge in [-0.15, -0.1) is 0 Å². The number of rotatable bonds is 10. The molecule has 0 atom stereocenters. The standard InChI is InChI=1S/C35H38NO.C33H34NO.C31H30NO/c1-20(2)24-15-16-36(8)31(17-24)33-23(7)13-14-26-28-18-27-25-11-9-10-12-29(25)35(21(3)4,22(5)6)30(27)19-32(28)37-34(26)33;1-7-33(8-2)27-12-10-9-11-23(27)25-18-26-24-14-13-21(5)31(32(24)35-30(26)19-28(25)33)29-17-22(20(3)4)15-16-34(29)6;1-18(2)20-13-14-32(6)27(15-20)29-19(3)11-12-22-24-16-23-21-9-7-8-10-25(21)31(4,5)26(23)17-28(24)33-30(22)29/h9-22H,1-8H3;9-20H,7-8H2,1-6H3;7-18H,1-6H3/q3*+1. The number of benzene rings is 9. The number of aromatic nitrogens is 3. The topological polar surface area (TPSA) is 51.1 Å². The lowest BCUT2D eigenvalue weighted by Crippen LogP contribution is -2.37. The number of nitrogens with zero attached hydrogens (tertiary/aromatic N) is 3. The van der Waals surface area contributed by atoms with Crippen LogP contribution in [0.5, 0.6) is 0 Å². The first-order chi connectivity index (χ1) is 50.3. The predicted octanol–water partition coefficient (Wildman–Crippen LogP) is 25.5. The summed E-state index contributed by atoms with van der Waals surface area (Å²) in [6.07, 6.45) is 8.69. The molecular formula is C99H102N3O3+3. The van der Waals surface area contributed by atoms with E-state index in [1.54, 1.807) is 0 Å². The first-order valence-electron chi connectivity index (χ1n) is 38.6. The maximum Gasteiger partial charge on any atom is 0.216 e. The molecule has 0 unspecified atom stereocenters. The Balaban J connectivity index is 0.000000121. The maximum atomic E-state index is 6.84. The quantitative estimate of drug-likeness (QED) is 0.128. The van der Waals surface area contributed by atoms with Gasteiger partial charge in [0.1, 0.15) is 54.6 Å². The zero-order valence-corrected chi connectivity index (χ0v) is 65.4. The molecule has 3 aliphatic carbocycles. The number of furan rings is 3. The van der Waals surface area contributed by atoms with Gasteiger partial charge in [-0.25, -0.2) is 13.7 Å². The molecule has 105 heavy (non-hydrogen) atoms. The van der Waals surface area contributed by atoms with Crippen molar-refractivity contribution >= 4 is 65.8 Å². The lowest BCUT2D eigenvalue weighted by atomic mass is 9.63. The fourth-order valence-corrected chi connectivity index (χ4v) is 19.2. The van der Waals surface area contributed by atoms with Crippen LogP contribution >= 0.6 is 0 Å². The number of aryl methyl sites for hydroxylation is 6. The molecule has 9 aromatic carbocycles. The summed E-state index contributed by atoms with van der Waals surface area (Å²) >= 11 is 0. The second-order valence-corrected chi connectivity index (χ2v) is 33.0. The second-order valence-electron chi connectivity index (χ2n) is 33.0. The van der Waals surface area contributed by atoms with Crippen molar-refractivity contribution in [1.29, 1.82) is 0 Å². The van der Waals surface area contributed by atoms with Gasteiger partial charge in [-0.1, -0.05) is 206 Å². The fourth-order valence-electron chi connectivity index (χ4n) is 19.2. The van der Waals surface area contributed by atoms with Crippen LogP contribution < -0.4 is 13.7 Å². The van der Waals surface area contributed by atoms with E-state index < -0.39 is 0 Å². The SMILES string of the molecule is CCC1(CC)c2ccccc2-c2cc3c(cc21)oc1c(-c2cc(C(C)C)cc[n+]2C)c(C)ccc13.Cc1ccc2c(oc3cc4c(cc32)-c2ccccc2C4(C(C)C)C(C)C)c1-c1cc(C(C)C)cc[n+]1C.Cc1ccc2c(oc3cc4c(cc32)-c2ccccc2C4(C)C)c1-c1cc(C(C)C)cc[n+]1C. The molecule has 0 bridgehead atoms. The smallest absolute Gasteiger partial charge is 0.216 e. The van der Waals surface area contributed by atoms with Crippen LogP contribution in [-0.4, -0.2) is 0 Å². The Morgan fingerprint density at radius 2 is 0.648 bits per heavy atom. The van der Waals surface area contributed by atoms with Crippen LogP contribution in [0.2, 0.25) is 0 Å². The zero-order valence-electron chi connectivity index (χ0n) is 65.4. The molecule has 6 heteroatoms. The van der Waals surface area contributed by atoms with E-state index in [0.29, 0.717) is 29.6 Å². The average molecular weight is 1380 g/mol. The van der Waals surface area contributed by atoms with E-state index in [-0.39, 0.29) is 16.2 Å². The summed E-state index contributed by atoms with van der Waals surface area (Å²) in [5, 5.41) is 7.18. The van der Waals surface area contributed by atoms with Crippen LogP contribution in [0.4, 0.5) is 0 Å². The summed E-state index contributed by atoms with van der Waals surface area (Å²) in [7, 11) is 6.38. The van der Waals surface area contributed by atoms with Gasteiger partial charge < -0.3 is 13.3 Å². The molecule has 0 fully saturated rings. The lowest BCUT2D eigenvalue weighted by molar-refractivity contribution is -0.660. The van der Waals surface area contributed by atoms with Crippen molar-refractivity contribution in [3.8, 4) is 67.2 Å². The zero-order chi connectivity index (χ0) is 73.8. The number of pyridine rings is 3. The van der Waals surface area contributed by atoms with Crippen molar-refractivity contribution in [2.75, 3.05) is 0 Å². The Kier molecular flexibility index (Phi) is 16.9. The predicted molar refractivity (Wildman–Crippen MR) is 438 cm³/mol. The van der Waals surface area contributed by atoms with Gasteiger partial charge in [0.15, 0.2) is 18.6 Å². The van der Waals surface area contributed by atoms with Crippen molar-refractivity contribution in [2.45, 2.75) is 165 Å². The van der Waals surface area contributed by atoms with E-state index in [0.717, 1.165) is 46.3 Å². The second kappa shape index (κ2) is 25.6. The van der Waals surface area contributed by atoms with Gasteiger partial charge in [0.25, 0.3) is 0 Å². The molecule has 3 aliphatic rings. The van der Waals surface area contributed by atoms with E-state index in [4.69, 9.17) is 13.3 Å². The van der Waals surface area contributed by atoms with Gasteiger partial charge in [-0.2, -0.15) is 0 Å². The van der Waals surface area contributed by atoms with E-state index in [2.05, 4.69) is 353 Å². The molecule has 0 saturated heterocycles. The molecule has 0 amide bonds. The molecule has 528 valence electrons. The molecule has 6 aromatic heterocycles. The minimum Gasteiger partial charge on any atom is -0.455 e. The van der Waals surface area contributed by atoms with Crippen molar-refractivity contribution in [1.82, 2.24) is 0 Å². The normalized spacial score (nSPS) is 14.3. The Morgan fingerprint density at radius 1 is 0.324 bits per heavy atom.